The number of pyridine rings is 4. The van der Waals surface area contributed by atoms with E-state index in [1.807, 2.05) is 0 Å². The number of hydrogen-bond acceptors (Lipinski definition) is 8. The Kier molecular flexibility index (Phi) is 7.03. The second kappa shape index (κ2) is 23.0. The summed E-state index contributed by atoms with van der Waals surface area (Å²) in [4.78, 5) is 16.8. The molecule has 0 aliphatic carbocycles. The molecule has 0 unspecified atom stereocenters. The highest BCUT2D eigenvalue weighted by molar-refractivity contribution is 9.10. The lowest BCUT2D eigenvalue weighted by Gasteiger charge is -2.13. The molecule has 0 fully saturated rings. The van der Waals surface area contributed by atoms with Gasteiger partial charge < -0.3 is 10.0 Å². The van der Waals surface area contributed by atoms with Gasteiger partial charge in [0.2, 0.25) is 0 Å². The maximum absolute atomic E-state index is 9.52. The zero-order valence-corrected chi connectivity index (χ0v) is 43.2. The predicted molar refractivity (Wildman–Crippen MR) is 359 cm³/mol. The zero-order valence-electron chi connectivity index (χ0n) is 79.0. The Morgan fingerprint density at radius 1 is 0.358 bits per heavy atom. The van der Waals surface area contributed by atoms with Crippen molar-refractivity contribution in [2.24, 2.45) is 0 Å². The van der Waals surface area contributed by atoms with E-state index in [-0.39, 0.29) is 151 Å². The summed E-state index contributed by atoms with van der Waals surface area (Å²) in [5, 5.41) is 16.2. The minimum Gasteiger partial charge on any atom is -0.423 e. The second-order valence-electron chi connectivity index (χ2n) is 16.1. The maximum atomic E-state index is 9.52. The molecular weight excluding hydrogens is 1120 g/mol. The van der Waals surface area contributed by atoms with Crippen LogP contribution in [0.4, 0.5) is 0 Å². The van der Waals surface area contributed by atoms with Crippen molar-refractivity contribution in [2.45, 2.75) is 14.9 Å². The van der Waals surface area contributed by atoms with Gasteiger partial charge in [-0.2, -0.15) is 13.5 Å². The molecule has 6 heterocycles. The summed E-state index contributed by atoms with van der Waals surface area (Å²) in [6, 6.07) is -22.8. The Morgan fingerprint density at radius 3 is 1.32 bits per heavy atom. The lowest BCUT2D eigenvalue weighted by atomic mass is 9.80. The van der Waals surface area contributed by atoms with Crippen molar-refractivity contribution in [1.82, 2.24) is 19.9 Å². The molecule has 0 aliphatic heterocycles. The van der Waals surface area contributed by atoms with Crippen LogP contribution >= 0.6 is 52.1 Å². The van der Waals surface area contributed by atoms with Crippen molar-refractivity contribution < 1.29 is 64.9 Å². The smallest absolute Gasteiger partial charge is 0.423 e. The van der Waals surface area contributed by atoms with Crippen LogP contribution < -0.4 is 5.46 Å². The van der Waals surface area contributed by atoms with Crippen LogP contribution in [-0.2, 0) is 0 Å². The molecule has 0 amide bonds. The Hall–Kier alpha value is -8.39. The topological polar surface area (TPSA) is 92.0 Å². The van der Waals surface area contributed by atoms with Crippen LogP contribution in [0, 0.1) is 0 Å². The van der Waals surface area contributed by atoms with E-state index in [1.54, 1.807) is 0 Å². The fourth-order valence-corrected chi connectivity index (χ4v) is 10.8. The van der Waals surface area contributed by atoms with Crippen molar-refractivity contribution in [1.29, 1.82) is 0 Å². The molecule has 0 spiro atoms. The molecule has 0 radical (unpaired) electrons. The average Bonchev–Trinajstić information content (AvgIpc) is 1.68. The lowest BCUT2D eigenvalue weighted by molar-refractivity contribution is 0.426. The highest BCUT2D eigenvalue weighted by Crippen LogP contribution is 2.44. The standard InChI is InChI=1S/C34H20N2S.C22H13BrN2.C12H9BO2S.2CH4.H2S/c1-2-9-24-23(8-1)25(28-11-5-12-29-27-10-3-4-13-31(27)37-34(28)29)17-18-26(24)30-19-16-22-15-14-21-7-6-20-35-32(21)33(22)36-30;23-19-11-10-18(16-5-1-2-6-17(16)19)20-12-9-15-8-7-14-4-3-13-24-21(14)22(15)25-20;14-13(15)10-6-3-5-9-8-4-1-2-7-11(8)16-12(9)10;;;/h1-20H;1-13H;1-7,14-15H;2*1H4;1H2/i1D,2D,3D,4D,5D,6D,7D,8D,9D,10D,11D,12D,13D,14D,15D,16D,17D,18D,19D,20D;1D,2D,3D,4D,5D,6D,7D,8D,9D,10D,11D,12D,13D;1D,2D,3D,4D,5D,6D,7D;;;. The van der Waals surface area contributed by atoms with Crippen LogP contribution in [0.25, 0.3) is 139 Å². The molecule has 81 heavy (non-hydrogen) atoms. The van der Waals surface area contributed by atoms with Gasteiger partial charge in [0.1, 0.15) is 0 Å². The van der Waals surface area contributed by atoms with E-state index in [0.29, 0.717) is 11.3 Å². The highest BCUT2D eigenvalue weighted by Gasteiger charge is 2.19. The van der Waals surface area contributed by atoms with Crippen LogP contribution in [0.5, 0.6) is 0 Å². The zero-order chi connectivity index (χ0) is 87.1. The summed E-state index contributed by atoms with van der Waals surface area (Å²) in [5.41, 5.74) is -4.22. The minimum absolute atomic E-state index is 0. The number of hydrogen-bond donors (Lipinski definition) is 2. The molecule has 0 atom stereocenters. The van der Waals surface area contributed by atoms with Crippen molar-refractivity contribution in [3.8, 4) is 33.6 Å². The van der Waals surface area contributed by atoms with Gasteiger partial charge in [-0.25, -0.2) is 9.97 Å². The number of fused-ring (bicyclic) bond motifs is 14. The van der Waals surface area contributed by atoms with Crippen LogP contribution in [0.15, 0.2) is 246 Å². The van der Waals surface area contributed by atoms with E-state index < -0.39 is 275 Å². The van der Waals surface area contributed by atoms with Crippen molar-refractivity contribution in [3.63, 3.8) is 0 Å². The Bertz CT molecular complexity index is 7460. The van der Waals surface area contributed by atoms with Crippen LogP contribution in [0.2, 0.25) is 0 Å². The maximum Gasteiger partial charge on any atom is 0.489 e. The van der Waals surface area contributed by atoms with Gasteiger partial charge in [0.25, 0.3) is 0 Å². The normalized spacial score (nSPS) is 18.0. The van der Waals surface area contributed by atoms with Crippen molar-refractivity contribution in [2.75, 3.05) is 0 Å². The third-order valence-corrected chi connectivity index (χ3v) is 14.6. The van der Waals surface area contributed by atoms with Crippen molar-refractivity contribution >= 4 is 170 Å². The fraction of sp³-hybridized carbons (Fsp3) is 0.0286. The first-order valence-corrected chi connectivity index (χ1v) is 24.8. The molecule has 0 aliphatic rings. The van der Waals surface area contributed by atoms with Crippen LogP contribution in [0.1, 0.15) is 69.7 Å². The summed E-state index contributed by atoms with van der Waals surface area (Å²) in [5.74, 6) is 0. The molecule has 16 aromatic rings. The predicted octanol–water partition coefficient (Wildman–Crippen LogP) is 19.1. The highest BCUT2D eigenvalue weighted by atomic mass is 79.9. The van der Waals surface area contributed by atoms with Crippen LogP contribution in [-0.4, -0.2) is 37.1 Å². The van der Waals surface area contributed by atoms with Gasteiger partial charge in [-0.15, -0.1) is 22.7 Å². The Balaban J connectivity index is 0.000000192. The van der Waals surface area contributed by atoms with Gasteiger partial charge in [0, 0.05) is 90.0 Å². The van der Waals surface area contributed by atoms with Gasteiger partial charge in [0.05, 0.1) is 88.3 Å². The third-order valence-electron chi connectivity index (χ3n) is 11.7. The molecule has 392 valence electrons. The number of benzene rings is 10. The third kappa shape index (κ3) is 9.86. The number of halogens is 1. The molecule has 6 aromatic heterocycles. The van der Waals surface area contributed by atoms with E-state index >= 15 is 0 Å². The molecule has 10 aromatic carbocycles. The SMILES string of the molecule is C.C.S.[2H]c1c([2H])c([2H])c2c(sc3c(B(O)O)c([2H])c([2H])c([2H])c32)c1[2H].[2H]c1nc2c(c([2H])c1[2H])c([2H])c([2H])c1c([2H])c([2H])c(-c3c([2H])c([2H])c(-c4c([2H])c([2H])c([2H])c5c4sc4c([2H])c([2H])c([2H])c([2H])c45)c4c([2H])c([2H])c([2H])c([2H])c34)nc12.[2H]c1nc2c(c([2H])c1[2H])c([2H])c([2H])c1c([2H])c([2H])c(-c3c([2H])c([2H])c(Br)c4c([2H])c([2H])c([2H])c([2H])c34)nc12. The van der Waals surface area contributed by atoms with E-state index in [4.69, 9.17) is 52.1 Å². The minimum atomic E-state index is -2.04. The average molecular weight is 1210 g/mol. The molecule has 6 nitrogen and oxygen atoms in total. The van der Waals surface area contributed by atoms with E-state index in [1.165, 1.54) is 0 Å². The number of rotatable bonds is 4. The van der Waals surface area contributed by atoms with E-state index in [2.05, 4.69) is 35.9 Å². The summed E-state index contributed by atoms with van der Waals surface area (Å²) >= 11 is 4.73. The summed E-state index contributed by atoms with van der Waals surface area (Å²) in [6.07, 6.45) is -1.31. The quantitative estimate of drug-likeness (QED) is 0.135. The molecule has 16 rings (SSSR count). The van der Waals surface area contributed by atoms with Gasteiger partial charge in [-0.3, -0.25) is 9.97 Å². The lowest BCUT2D eigenvalue weighted by Crippen LogP contribution is -2.29. The summed E-state index contributed by atoms with van der Waals surface area (Å²) < 4.78 is 338. The van der Waals surface area contributed by atoms with Gasteiger partial charge in [0.15, 0.2) is 0 Å². The first-order valence-electron chi connectivity index (χ1n) is 42.3. The van der Waals surface area contributed by atoms with Gasteiger partial charge >= 0.3 is 7.12 Å². The first kappa shape index (κ1) is 24.8. The molecule has 2 N–H and O–H groups in total. The van der Waals surface area contributed by atoms with Gasteiger partial charge in [-0.1, -0.05) is 218 Å². The molecule has 0 saturated carbocycles. The molecule has 0 bridgehead atoms. The molecule has 11 heteroatoms. The van der Waals surface area contributed by atoms with Crippen LogP contribution in [0.3, 0.4) is 0 Å². The molecular formula is C70H52BBrN4O2S3. The second-order valence-corrected chi connectivity index (χ2v) is 19.0. The summed E-state index contributed by atoms with van der Waals surface area (Å²) in [7, 11) is -2.04. The summed E-state index contributed by atoms with van der Waals surface area (Å²) in [6.45, 7) is 0. The molecule has 0 saturated heterocycles. The Morgan fingerprint density at radius 2 is 0.765 bits per heavy atom. The van der Waals surface area contributed by atoms with Crippen molar-refractivity contribution in [3.05, 3.63) is 246 Å². The Labute approximate surface area is 548 Å². The number of aromatic nitrogens is 4. The van der Waals surface area contributed by atoms with E-state index in [9.17, 15) is 12.8 Å². The van der Waals surface area contributed by atoms with E-state index in [0.717, 1.165) is 11.3 Å². The monoisotopic (exact) mass is 1210 g/mol. The number of thiophene rings is 2. The van der Waals surface area contributed by atoms with Gasteiger partial charge in [-0.05, 0) is 80.3 Å². The fourth-order valence-electron chi connectivity index (χ4n) is 8.29. The first-order chi connectivity index (χ1) is 55.1. The largest absolute Gasteiger partial charge is 0.489 e. The number of nitrogens with zero attached hydrogens (tertiary/aromatic N) is 4.